The van der Waals surface area contributed by atoms with E-state index in [1.54, 1.807) is 18.2 Å². The van der Waals surface area contributed by atoms with E-state index < -0.39 is 0 Å². The van der Waals surface area contributed by atoms with Crippen LogP contribution in [-0.4, -0.2) is 37.5 Å². The van der Waals surface area contributed by atoms with Crippen molar-refractivity contribution >= 4 is 17.5 Å². The lowest BCUT2D eigenvalue weighted by atomic mass is 10.0. The summed E-state index contributed by atoms with van der Waals surface area (Å²) in [4.78, 5) is 25.4. The number of benzene rings is 1. The Labute approximate surface area is 132 Å². The molecule has 0 bridgehead atoms. The first-order chi connectivity index (χ1) is 10.6. The van der Waals surface area contributed by atoms with Crippen molar-refractivity contribution in [2.75, 3.05) is 25.0 Å². The molecule has 1 saturated heterocycles. The fourth-order valence-electron chi connectivity index (χ4n) is 2.93. The third kappa shape index (κ3) is 4.56. The summed E-state index contributed by atoms with van der Waals surface area (Å²) in [6.07, 6.45) is 3.65. The number of carbonyl (C=O) groups is 2. The monoisotopic (exact) mass is 304 g/mol. The molecule has 1 aromatic carbocycles. The first-order valence-electron chi connectivity index (χ1n) is 8.13. The van der Waals surface area contributed by atoms with Crippen molar-refractivity contribution in [1.29, 1.82) is 0 Å². The Morgan fingerprint density at radius 1 is 1.32 bits per heavy atom. The maximum absolute atomic E-state index is 12.2. The van der Waals surface area contributed by atoms with Gasteiger partial charge in [0.15, 0.2) is 6.54 Å². The predicted molar refractivity (Wildman–Crippen MR) is 87.1 cm³/mol. The maximum Gasteiger partial charge on any atom is 0.279 e. The van der Waals surface area contributed by atoms with Gasteiger partial charge in [0.25, 0.3) is 11.8 Å². The molecule has 1 fully saturated rings. The molecule has 5 heteroatoms. The maximum atomic E-state index is 12.2. The van der Waals surface area contributed by atoms with Crippen LogP contribution in [0.5, 0.6) is 0 Å². The standard InChI is InChI=1S/C17H25N3O2/c1-3-18-17(22)14-8-6-9-15(11-14)19-16(21)12-20-10-5-4-7-13(20)2/h6,8-9,11,13H,3-5,7,10,12H2,1-2H3,(H,18,22)(H,19,21)/p+1/t13-/m1/s1. The Morgan fingerprint density at radius 3 is 2.86 bits per heavy atom. The van der Waals surface area contributed by atoms with E-state index in [0.717, 1.165) is 6.54 Å². The van der Waals surface area contributed by atoms with Gasteiger partial charge in [-0.2, -0.15) is 0 Å². The van der Waals surface area contributed by atoms with E-state index in [-0.39, 0.29) is 11.8 Å². The predicted octanol–water partition coefficient (Wildman–Crippen LogP) is 0.832. The van der Waals surface area contributed by atoms with Crippen LogP contribution in [0, 0.1) is 0 Å². The SMILES string of the molecule is CCNC(=O)c1cccc(NC(=O)C[NH+]2CCCC[C@H]2C)c1. The number of rotatable bonds is 5. The molecule has 1 aliphatic heterocycles. The highest BCUT2D eigenvalue weighted by atomic mass is 16.2. The van der Waals surface area contributed by atoms with Gasteiger partial charge in [0.05, 0.1) is 12.6 Å². The van der Waals surface area contributed by atoms with E-state index in [1.807, 2.05) is 13.0 Å². The molecule has 0 spiro atoms. The average Bonchev–Trinajstić information content (AvgIpc) is 2.50. The van der Waals surface area contributed by atoms with Gasteiger partial charge in [0, 0.05) is 17.8 Å². The number of likely N-dealkylation sites (tertiary alicyclic amines) is 1. The van der Waals surface area contributed by atoms with Gasteiger partial charge in [-0.05, 0) is 51.3 Å². The van der Waals surface area contributed by atoms with Crippen molar-refractivity contribution in [3.63, 3.8) is 0 Å². The van der Waals surface area contributed by atoms with Gasteiger partial charge in [-0.1, -0.05) is 6.07 Å². The first kappa shape index (κ1) is 16.5. The van der Waals surface area contributed by atoms with Crippen LogP contribution in [0.25, 0.3) is 0 Å². The Bertz CT molecular complexity index is 530. The molecule has 22 heavy (non-hydrogen) atoms. The minimum absolute atomic E-state index is 0.0109. The highest BCUT2D eigenvalue weighted by Gasteiger charge is 2.24. The molecule has 3 N–H and O–H groups in total. The van der Waals surface area contributed by atoms with Crippen LogP contribution in [0.4, 0.5) is 5.69 Å². The first-order valence-corrected chi connectivity index (χ1v) is 8.13. The Balaban J connectivity index is 1.93. The molecule has 1 aromatic rings. The molecule has 2 amide bonds. The number of amides is 2. The number of quaternary nitrogens is 1. The second kappa shape index (κ2) is 7.94. The smallest absolute Gasteiger partial charge is 0.279 e. The summed E-state index contributed by atoms with van der Waals surface area (Å²) in [5, 5.41) is 5.67. The van der Waals surface area contributed by atoms with Crippen LogP contribution >= 0.6 is 0 Å². The molecular weight excluding hydrogens is 278 g/mol. The number of hydrogen-bond acceptors (Lipinski definition) is 2. The van der Waals surface area contributed by atoms with Gasteiger partial charge >= 0.3 is 0 Å². The van der Waals surface area contributed by atoms with Gasteiger partial charge < -0.3 is 15.5 Å². The molecular formula is C17H26N3O2+. The summed E-state index contributed by atoms with van der Waals surface area (Å²) in [5.74, 6) is -0.106. The lowest BCUT2D eigenvalue weighted by Gasteiger charge is -2.29. The summed E-state index contributed by atoms with van der Waals surface area (Å²) in [6, 6.07) is 7.61. The molecule has 2 atom stereocenters. The van der Waals surface area contributed by atoms with Crippen molar-refractivity contribution in [2.24, 2.45) is 0 Å². The molecule has 0 radical (unpaired) electrons. The summed E-state index contributed by atoms with van der Waals surface area (Å²) >= 11 is 0. The van der Waals surface area contributed by atoms with E-state index in [1.165, 1.54) is 24.2 Å². The van der Waals surface area contributed by atoms with Gasteiger partial charge in [-0.15, -0.1) is 0 Å². The Morgan fingerprint density at radius 2 is 2.14 bits per heavy atom. The van der Waals surface area contributed by atoms with E-state index in [9.17, 15) is 9.59 Å². The Kier molecular flexibility index (Phi) is 5.95. The van der Waals surface area contributed by atoms with Crippen molar-refractivity contribution in [3.05, 3.63) is 29.8 Å². The molecule has 120 valence electrons. The van der Waals surface area contributed by atoms with Crippen LogP contribution in [0.1, 0.15) is 43.5 Å². The van der Waals surface area contributed by atoms with Gasteiger partial charge in [0.2, 0.25) is 0 Å². The lowest BCUT2D eigenvalue weighted by molar-refractivity contribution is -0.920. The molecule has 0 aliphatic carbocycles. The number of anilines is 1. The molecule has 1 unspecified atom stereocenters. The zero-order chi connectivity index (χ0) is 15.9. The molecule has 0 aromatic heterocycles. The van der Waals surface area contributed by atoms with Crippen LogP contribution in [-0.2, 0) is 4.79 Å². The molecule has 5 nitrogen and oxygen atoms in total. The molecule has 0 saturated carbocycles. The molecule has 1 heterocycles. The van der Waals surface area contributed by atoms with Crippen LogP contribution in [0.3, 0.4) is 0 Å². The van der Waals surface area contributed by atoms with Crippen LogP contribution < -0.4 is 15.5 Å². The topological polar surface area (TPSA) is 62.6 Å². The zero-order valence-corrected chi connectivity index (χ0v) is 13.4. The Hall–Kier alpha value is -1.88. The van der Waals surface area contributed by atoms with Crippen LogP contribution in [0.2, 0.25) is 0 Å². The average molecular weight is 304 g/mol. The number of carbonyl (C=O) groups excluding carboxylic acids is 2. The van der Waals surface area contributed by atoms with E-state index in [0.29, 0.717) is 30.4 Å². The molecule has 1 aliphatic rings. The van der Waals surface area contributed by atoms with Crippen molar-refractivity contribution in [2.45, 2.75) is 39.2 Å². The fourth-order valence-corrected chi connectivity index (χ4v) is 2.93. The second-order valence-electron chi connectivity index (χ2n) is 5.97. The van der Waals surface area contributed by atoms with E-state index in [2.05, 4.69) is 17.6 Å². The van der Waals surface area contributed by atoms with Gasteiger partial charge in [-0.25, -0.2) is 0 Å². The largest absolute Gasteiger partial charge is 0.352 e. The quantitative estimate of drug-likeness (QED) is 0.754. The summed E-state index contributed by atoms with van der Waals surface area (Å²) in [6.45, 7) is 6.23. The van der Waals surface area contributed by atoms with E-state index in [4.69, 9.17) is 0 Å². The fraction of sp³-hybridized carbons (Fsp3) is 0.529. The zero-order valence-electron chi connectivity index (χ0n) is 13.4. The summed E-state index contributed by atoms with van der Waals surface area (Å²) in [7, 11) is 0. The highest BCUT2D eigenvalue weighted by molar-refractivity contribution is 5.97. The van der Waals surface area contributed by atoms with E-state index >= 15 is 0 Å². The molecule has 2 rings (SSSR count). The third-order valence-corrected chi connectivity index (χ3v) is 4.22. The van der Waals surface area contributed by atoms with Crippen LogP contribution in [0.15, 0.2) is 24.3 Å². The highest BCUT2D eigenvalue weighted by Crippen LogP contribution is 2.10. The second-order valence-corrected chi connectivity index (χ2v) is 5.97. The summed E-state index contributed by atoms with van der Waals surface area (Å²) in [5.41, 5.74) is 1.25. The lowest BCUT2D eigenvalue weighted by Crippen LogP contribution is -3.17. The van der Waals surface area contributed by atoms with Crippen molar-refractivity contribution in [3.8, 4) is 0 Å². The van der Waals surface area contributed by atoms with Gasteiger partial charge in [-0.3, -0.25) is 9.59 Å². The number of hydrogen-bond donors (Lipinski definition) is 3. The number of piperidine rings is 1. The minimum atomic E-state index is -0.117. The number of nitrogens with one attached hydrogen (secondary N) is 3. The van der Waals surface area contributed by atoms with Gasteiger partial charge in [0.1, 0.15) is 0 Å². The summed E-state index contributed by atoms with van der Waals surface area (Å²) < 4.78 is 0. The third-order valence-electron chi connectivity index (χ3n) is 4.22. The van der Waals surface area contributed by atoms with Crippen molar-refractivity contribution < 1.29 is 14.5 Å². The normalized spacial score (nSPS) is 21.2. The van der Waals surface area contributed by atoms with Crippen molar-refractivity contribution in [1.82, 2.24) is 5.32 Å². The minimum Gasteiger partial charge on any atom is -0.352 e.